The van der Waals surface area contributed by atoms with Crippen LogP contribution < -0.4 is 9.26 Å². The number of non-ortho nitro benzene ring substituents is 1. The molecule has 0 unspecified atom stereocenters. The first-order valence-electron chi connectivity index (χ1n) is 7.42. The lowest BCUT2D eigenvalue weighted by molar-refractivity contribution is -0.384. The van der Waals surface area contributed by atoms with Crippen LogP contribution in [0.2, 0.25) is 0 Å². The summed E-state index contributed by atoms with van der Waals surface area (Å²) in [6, 6.07) is 11.2. The highest BCUT2D eigenvalue weighted by atomic mass is 31.2. The molecule has 0 aliphatic heterocycles. The lowest BCUT2D eigenvalue weighted by Crippen LogP contribution is -1.99. The van der Waals surface area contributed by atoms with E-state index in [1.807, 2.05) is 0 Å². The third-order valence-electron chi connectivity index (χ3n) is 3.42. The summed E-state index contributed by atoms with van der Waals surface area (Å²) in [5.41, 5.74) is 1.63. The zero-order valence-electron chi connectivity index (χ0n) is 14.4. The molecule has 0 spiro atoms. The van der Waals surface area contributed by atoms with Gasteiger partial charge >= 0.3 is 7.82 Å². The second kappa shape index (κ2) is 8.62. The molecule has 2 aromatic carbocycles. The Morgan fingerprint density at radius 2 is 1.50 bits per heavy atom. The number of phosphoric ester groups is 1. The van der Waals surface area contributed by atoms with E-state index in [9.17, 15) is 14.7 Å². The third kappa shape index (κ3) is 4.92. The summed E-state index contributed by atoms with van der Waals surface area (Å²) in [5.74, 6) is 0.567. The highest BCUT2D eigenvalue weighted by Crippen LogP contribution is 2.50. The van der Waals surface area contributed by atoms with Crippen molar-refractivity contribution in [3.8, 4) is 11.5 Å². The fraction of sp³-hybridized carbons (Fsp3) is 0.176. The van der Waals surface area contributed by atoms with Crippen LogP contribution >= 0.6 is 7.82 Å². The van der Waals surface area contributed by atoms with Gasteiger partial charge in [-0.3, -0.25) is 19.2 Å². The van der Waals surface area contributed by atoms with Crippen LogP contribution in [0.5, 0.6) is 11.5 Å². The van der Waals surface area contributed by atoms with E-state index >= 15 is 0 Å². The molecule has 0 atom stereocenters. The maximum atomic E-state index is 12.1. The Balaban J connectivity index is 2.20. The first-order chi connectivity index (χ1) is 12.4. The number of hydrogen-bond donors (Lipinski definition) is 0. The molecule has 0 saturated heterocycles. The van der Waals surface area contributed by atoms with E-state index in [4.69, 9.17) is 18.3 Å². The van der Waals surface area contributed by atoms with Crippen molar-refractivity contribution < 1.29 is 27.8 Å². The molecule has 0 aliphatic rings. The molecule has 2 aromatic rings. The number of rotatable bonds is 8. The summed E-state index contributed by atoms with van der Waals surface area (Å²) >= 11 is 0. The zero-order valence-corrected chi connectivity index (χ0v) is 15.3. The summed E-state index contributed by atoms with van der Waals surface area (Å²) in [6.07, 6.45) is 3.61. The molecule has 9 heteroatoms. The number of nitrogens with zero attached hydrogens (tertiary/aromatic N) is 1. The van der Waals surface area contributed by atoms with Crippen LogP contribution in [0.1, 0.15) is 11.1 Å². The molecule has 0 N–H and O–H groups in total. The summed E-state index contributed by atoms with van der Waals surface area (Å²) in [5, 5.41) is 10.7. The predicted molar refractivity (Wildman–Crippen MR) is 97.3 cm³/mol. The van der Waals surface area contributed by atoms with Crippen molar-refractivity contribution in [2.24, 2.45) is 0 Å². The number of nitro benzene ring substituents is 1. The highest BCUT2D eigenvalue weighted by molar-refractivity contribution is 7.48. The standard InChI is InChI=1S/C17H18NO7P/c1-22-17-12-14(8-11-16(17)25-26(21,23-2)24-3)5-4-13-6-9-15(10-7-13)18(19)20/h4-12H,1-3H3. The van der Waals surface area contributed by atoms with Gasteiger partial charge in [0.1, 0.15) is 0 Å². The van der Waals surface area contributed by atoms with Crippen molar-refractivity contribution in [3.63, 3.8) is 0 Å². The van der Waals surface area contributed by atoms with Crippen molar-refractivity contribution in [2.45, 2.75) is 0 Å². The summed E-state index contributed by atoms with van der Waals surface area (Å²) < 4.78 is 32.1. The quantitative estimate of drug-likeness (QED) is 0.287. The van der Waals surface area contributed by atoms with Gasteiger partial charge in [-0.25, -0.2) is 4.57 Å². The van der Waals surface area contributed by atoms with E-state index in [0.717, 1.165) is 11.1 Å². The van der Waals surface area contributed by atoms with Crippen LogP contribution in [0.15, 0.2) is 42.5 Å². The zero-order chi connectivity index (χ0) is 19.2. The summed E-state index contributed by atoms with van der Waals surface area (Å²) in [7, 11) is 0.208. The van der Waals surface area contributed by atoms with Gasteiger partial charge in [0.25, 0.3) is 5.69 Å². The average Bonchev–Trinajstić information content (AvgIpc) is 2.67. The second-order valence-corrected chi connectivity index (χ2v) is 6.80. The molecular weight excluding hydrogens is 361 g/mol. The maximum absolute atomic E-state index is 12.1. The maximum Gasteiger partial charge on any atom is 0.529 e. The molecule has 0 heterocycles. The van der Waals surface area contributed by atoms with Gasteiger partial charge in [0.15, 0.2) is 11.5 Å². The van der Waals surface area contributed by atoms with E-state index in [2.05, 4.69) is 0 Å². The number of hydrogen-bond acceptors (Lipinski definition) is 7. The van der Waals surface area contributed by atoms with Gasteiger partial charge in [-0.1, -0.05) is 18.2 Å². The van der Waals surface area contributed by atoms with Gasteiger partial charge in [0.2, 0.25) is 0 Å². The monoisotopic (exact) mass is 379 g/mol. The van der Waals surface area contributed by atoms with Gasteiger partial charge in [-0.15, -0.1) is 0 Å². The normalized spacial score (nSPS) is 11.5. The van der Waals surface area contributed by atoms with Gasteiger partial charge in [-0.2, -0.15) is 0 Å². The first-order valence-corrected chi connectivity index (χ1v) is 8.88. The largest absolute Gasteiger partial charge is 0.529 e. The molecule has 26 heavy (non-hydrogen) atoms. The molecule has 2 rings (SSSR count). The van der Waals surface area contributed by atoms with E-state index < -0.39 is 12.7 Å². The molecule has 138 valence electrons. The molecule has 0 saturated carbocycles. The minimum Gasteiger partial charge on any atom is -0.493 e. The Morgan fingerprint density at radius 1 is 0.923 bits per heavy atom. The van der Waals surface area contributed by atoms with E-state index in [1.165, 1.54) is 33.5 Å². The number of benzene rings is 2. The Hall–Kier alpha value is -2.67. The van der Waals surface area contributed by atoms with Crippen molar-refractivity contribution in [3.05, 3.63) is 63.7 Å². The van der Waals surface area contributed by atoms with Gasteiger partial charge in [0.05, 0.1) is 12.0 Å². The van der Waals surface area contributed by atoms with Crippen molar-refractivity contribution in [1.29, 1.82) is 0 Å². The SMILES string of the molecule is COc1cc(C=Cc2ccc([N+](=O)[O-])cc2)ccc1OP(=O)(OC)OC. The molecular formula is C17H18NO7P. The van der Waals surface area contributed by atoms with Crippen molar-refractivity contribution in [1.82, 2.24) is 0 Å². The van der Waals surface area contributed by atoms with Gasteiger partial charge in [-0.05, 0) is 35.4 Å². The van der Waals surface area contributed by atoms with Crippen LogP contribution in [0.25, 0.3) is 12.2 Å². The predicted octanol–water partition coefficient (Wildman–Crippen LogP) is 4.55. The molecule has 0 bridgehead atoms. The first kappa shape index (κ1) is 19.7. The number of phosphoric acid groups is 1. The number of methoxy groups -OCH3 is 1. The highest BCUT2D eigenvalue weighted by Gasteiger charge is 2.26. The number of ether oxygens (including phenoxy) is 1. The van der Waals surface area contributed by atoms with Crippen LogP contribution in [0, 0.1) is 10.1 Å². The number of nitro groups is 1. The second-order valence-electron chi connectivity index (χ2n) is 5.00. The molecule has 0 radical (unpaired) electrons. The van der Waals surface area contributed by atoms with Crippen molar-refractivity contribution in [2.75, 3.05) is 21.3 Å². The van der Waals surface area contributed by atoms with Crippen LogP contribution in [0.3, 0.4) is 0 Å². The molecule has 0 aromatic heterocycles. The Labute approximate surface area is 150 Å². The van der Waals surface area contributed by atoms with Gasteiger partial charge in [0, 0.05) is 26.4 Å². The van der Waals surface area contributed by atoms with E-state index in [0.29, 0.717) is 5.75 Å². The Morgan fingerprint density at radius 3 is 2.04 bits per heavy atom. The smallest absolute Gasteiger partial charge is 0.493 e. The molecule has 0 fully saturated rings. The molecule has 0 amide bonds. The lowest BCUT2D eigenvalue weighted by Gasteiger charge is -2.16. The average molecular weight is 379 g/mol. The van der Waals surface area contributed by atoms with E-state index in [-0.39, 0.29) is 11.4 Å². The van der Waals surface area contributed by atoms with Crippen LogP contribution in [-0.4, -0.2) is 26.3 Å². The minimum absolute atomic E-state index is 0.0334. The van der Waals surface area contributed by atoms with Crippen LogP contribution in [-0.2, 0) is 13.6 Å². The topological polar surface area (TPSA) is 97.1 Å². The lowest BCUT2D eigenvalue weighted by atomic mass is 10.1. The van der Waals surface area contributed by atoms with Gasteiger partial charge < -0.3 is 9.26 Å². The Kier molecular flexibility index (Phi) is 6.52. The fourth-order valence-corrected chi connectivity index (χ4v) is 2.72. The Bertz CT molecular complexity index is 841. The van der Waals surface area contributed by atoms with Crippen LogP contribution in [0.4, 0.5) is 5.69 Å². The molecule has 8 nitrogen and oxygen atoms in total. The van der Waals surface area contributed by atoms with E-state index in [1.54, 1.807) is 42.5 Å². The van der Waals surface area contributed by atoms with Crippen molar-refractivity contribution >= 4 is 25.7 Å². The summed E-state index contributed by atoms with van der Waals surface area (Å²) in [4.78, 5) is 10.2. The molecule has 0 aliphatic carbocycles. The fourth-order valence-electron chi connectivity index (χ4n) is 2.03. The summed E-state index contributed by atoms with van der Waals surface area (Å²) in [6.45, 7) is 0. The minimum atomic E-state index is -3.69. The third-order valence-corrected chi connectivity index (χ3v) is 4.73.